The molecule has 200 valence electrons. The molecular formula is C31H35NO6. The zero-order valence-electron chi connectivity index (χ0n) is 22.7. The van der Waals surface area contributed by atoms with Gasteiger partial charge in [0.15, 0.2) is 6.10 Å². The largest absolute Gasteiger partial charge is 0.486 e. The van der Waals surface area contributed by atoms with Gasteiger partial charge >= 0.3 is 5.97 Å². The smallest absolute Gasteiger partial charge is 0.335 e. The van der Waals surface area contributed by atoms with Crippen LogP contribution >= 0.6 is 0 Å². The van der Waals surface area contributed by atoms with Crippen molar-refractivity contribution in [1.29, 1.82) is 0 Å². The van der Waals surface area contributed by atoms with Crippen LogP contribution in [0.5, 0.6) is 5.75 Å². The molecule has 0 saturated carbocycles. The van der Waals surface area contributed by atoms with E-state index in [2.05, 4.69) is 25.9 Å². The van der Waals surface area contributed by atoms with E-state index < -0.39 is 6.10 Å². The number of benzene rings is 2. The van der Waals surface area contributed by atoms with Gasteiger partial charge in [-0.2, -0.15) is 0 Å². The van der Waals surface area contributed by atoms with Gasteiger partial charge in [0.2, 0.25) is 0 Å². The van der Waals surface area contributed by atoms with Gasteiger partial charge in [-0.15, -0.1) is 0 Å². The lowest BCUT2D eigenvalue weighted by Gasteiger charge is -2.15. The fourth-order valence-corrected chi connectivity index (χ4v) is 3.92. The highest BCUT2D eigenvalue weighted by Gasteiger charge is 2.21. The van der Waals surface area contributed by atoms with Gasteiger partial charge in [-0.1, -0.05) is 62.3 Å². The molecule has 38 heavy (non-hydrogen) atoms. The molecule has 0 saturated heterocycles. The maximum absolute atomic E-state index is 12.1. The van der Waals surface area contributed by atoms with Gasteiger partial charge in [-0.05, 0) is 43.7 Å². The molecule has 0 amide bonds. The van der Waals surface area contributed by atoms with E-state index in [9.17, 15) is 4.79 Å². The minimum Gasteiger partial charge on any atom is -0.486 e. The van der Waals surface area contributed by atoms with Crippen LogP contribution in [0.15, 0.2) is 75.7 Å². The highest BCUT2D eigenvalue weighted by molar-refractivity contribution is 5.75. The van der Waals surface area contributed by atoms with Crippen LogP contribution in [0.1, 0.15) is 51.7 Å². The van der Waals surface area contributed by atoms with Crippen LogP contribution in [-0.2, 0) is 32.7 Å². The van der Waals surface area contributed by atoms with Crippen LogP contribution in [0.2, 0.25) is 0 Å². The number of nitrogens with zero attached hydrogens (tertiary/aromatic N) is 1. The summed E-state index contributed by atoms with van der Waals surface area (Å²) < 4.78 is 28.1. The van der Waals surface area contributed by atoms with Crippen molar-refractivity contribution in [3.05, 3.63) is 83.8 Å². The first kappa shape index (κ1) is 27.2. The van der Waals surface area contributed by atoms with Gasteiger partial charge in [0, 0.05) is 35.6 Å². The van der Waals surface area contributed by atoms with Crippen molar-refractivity contribution >= 4 is 5.97 Å². The Morgan fingerprint density at radius 1 is 0.921 bits per heavy atom. The average Bonchev–Trinajstić information content (AvgIpc) is 3.59. The summed E-state index contributed by atoms with van der Waals surface area (Å²) in [6.45, 7) is 11.0. The van der Waals surface area contributed by atoms with E-state index in [1.54, 1.807) is 6.92 Å². The molecule has 0 N–H and O–H groups in total. The summed E-state index contributed by atoms with van der Waals surface area (Å²) in [5.74, 6) is 2.71. The number of hydrogen-bond donors (Lipinski definition) is 0. The maximum Gasteiger partial charge on any atom is 0.335 e. The lowest BCUT2D eigenvalue weighted by atomic mass is 9.93. The average molecular weight is 518 g/mol. The number of hydrogen-bond acceptors (Lipinski definition) is 7. The number of ether oxygens (including phenoxy) is 3. The highest BCUT2D eigenvalue weighted by atomic mass is 16.6. The Morgan fingerprint density at radius 3 is 2.26 bits per heavy atom. The van der Waals surface area contributed by atoms with Gasteiger partial charge in [-0.3, -0.25) is 0 Å². The molecule has 1 unspecified atom stereocenters. The summed E-state index contributed by atoms with van der Waals surface area (Å²) in [5.41, 5.74) is 3.65. The van der Waals surface area contributed by atoms with E-state index in [1.165, 1.54) is 0 Å². The molecule has 0 aliphatic rings. The summed E-state index contributed by atoms with van der Waals surface area (Å²) >= 11 is 0. The van der Waals surface area contributed by atoms with Crippen molar-refractivity contribution in [3.8, 4) is 28.3 Å². The molecule has 0 fully saturated rings. The van der Waals surface area contributed by atoms with Crippen molar-refractivity contribution < 1.29 is 27.9 Å². The normalized spacial score (nSPS) is 12.3. The fourth-order valence-electron chi connectivity index (χ4n) is 3.92. The van der Waals surface area contributed by atoms with Gasteiger partial charge in [-0.25, -0.2) is 4.79 Å². The molecule has 7 heteroatoms. The van der Waals surface area contributed by atoms with Gasteiger partial charge in [0.25, 0.3) is 0 Å². The Balaban J connectivity index is 1.33. The van der Waals surface area contributed by atoms with E-state index in [4.69, 9.17) is 23.2 Å². The third kappa shape index (κ3) is 6.92. The topological polar surface area (TPSA) is 83.9 Å². The van der Waals surface area contributed by atoms with Crippen LogP contribution in [-0.4, -0.2) is 30.4 Å². The summed E-state index contributed by atoms with van der Waals surface area (Å²) in [6, 6.07) is 21.5. The van der Waals surface area contributed by atoms with Gasteiger partial charge in [0.05, 0.1) is 6.61 Å². The second-order valence-electron chi connectivity index (χ2n) is 10.0. The second-order valence-corrected chi connectivity index (χ2v) is 10.0. The lowest BCUT2D eigenvalue weighted by Crippen LogP contribution is -2.28. The first-order valence-corrected chi connectivity index (χ1v) is 12.9. The Bertz CT molecular complexity index is 1310. The molecule has 0 aliphatic heterocycles. The number of furan rings is 1. The van der Waals surface area contributed by atoms with Crippen molar-refractivity contribution in [1.82, 2.24) is 5.16 Å². The predicted molar refractivity (Wildman–Crippen MR) is 145 cm³/mol. The zero-order chi connectivity index (χ0) is 27.1. The lowest BCUT2D eigenvalue weighted by molar-refractivity contribution is -0.156. The third-order valence-corrected chi connectivity index (χ3v) is 6.02. The molecule has 4 aromatic rings. The molecule has 0 aliphatic carbocycles. The Morgan fingerprint density at radius 2 is 1.63 bits per heavy atom. The maximum atomic E-state index is 12.1. The Kier molecular flexibility index (Phi) is 8.69. The fraction of sp³-hybridized carbons (Fsp3) is 0.355. The molecule has 0 spiro atoms. The molecule has 7 nitrogen and oxygen atoms in total. The van der Waals surface area contributed by atoms with Crippen LogP contribution < -0.4 is 4.74 Å². The Hall–Kier alpha value is -3.84. The van der Waals surface area contributed by atoms with Crippen LogP contribution in [0, 0.1) is 0 Å². The Labute approximate surface area is 223 Å². The highest BCUT2D eigenvalue weighted by Crippen LogP contribution is 2.30. The summed E-state index contributed by atoms with van der Waals surface area (Å²) in [4.78, 5) is 12.1. The predicted octanol–water partition coefficient (Wildman–Crippen LogP) is 6.99. The van der Waals surface area contributed by atoms with Crippen LogP contribution in [0.3, 0.4) is 0 Å². The summed E-state index contributed by atoms with van der Waals surface area (Å²) in [7, 11) is 0. The van der Waals surface area contributed by atoms with E-state index in [-0.39, 0.29) is 11.4 Å². The van der Waals surface area contributed by atoms with Crippen molar-refractivity contribution in [2.24, 2.45) is 0 Å². The van der Waals surface area contributed by atoms with E-state index in [1.807, 2.05) is 73.7 Å². The van der Waals surface area contributed by atoms with Crippen molar-refractivity contribution in [2.75, 3.05) is 13.2 Å². The first-order chi connectivity index (χ1) is 18.3. The van der Waals surface area contributed by atoms with Gasteiger partial charge in [0.1, 0.15) is 35.3 Å². The third-order valence-electron chi connectivity index (χ3n) is 6.02. The monoisotopic (exact) mass is 517 g/mol. The SMILES string of the molecule is CCOC(=O)C(Cc1ccc(OCc2ccc(-c3ccc(-c4cc(C(C)(C)C)on4)cc3)o2)cc1)OCC. The molecule has 2 aromatic heterocycles. The minimum absolute atomic E-state index is 0.0867. The van der Waals surface area contributed by atoms with E-state index in [0.29, 0.717) is 32.0 Å². The number of aromatic nitrogens is 1. The number of carbonyl (C=O) groups excluding carboxylic acids is 1. The molecule has 2 heterocycles. The van der Waals surface area contributed by atoms with Crippen LogP contribution in [0.25, 0.3) is 22.6 Å². The first-order valence-electron chi connectivity index (χ1n) is 12.9. The number of esters is 1. The molecule has 4 rings (SSSR count). The van der Waals surface area contributed by atoms with E-state index in [0.717, 1.165) is 39.7 Å². The minimum atomic E-state index is -0.612. The number of rotatable bonds is 11. The standard InChI is InChI=1S/C31H35NO6/c1-6-34-28(30(33)35-7-2)18-21-8-14-24(15-9-21)36-20-25-16-17-27(37-25)23-12-10-22(11-13-23)26-19-29(38-32-26)31(3,4)5/h8-17,19,28H,6-7,18,20H2,1-5H3. The van der Waals surface area contributed by atoms with Crippen LogP contribution in [0.4, 0.5) is 0 Å². The molecule has 1 atom stereocenters. The molecule has 0 bridgehead atoms. The molecule has 2 aromatic carbocycles. The van der Waals surface area contributed by atoms with E-state index >= 15 is 0 Å². The van der Waals surface area contributed by atoms with Gasteiger partial charge < -0.3 is 23.2 Å². The number of carbonyl (C=O) groups is 1. The van der Waals surface area contributed by atoms with Crippen molar-refractivity contribution in [3.63, 3.8) is 0 Å². The quantitative estimate of drug-likeness (QED) is 0.198. The summed E-state index contributed by atoms with van der Waals surface area (Å²) in [6.07, 6.45) is -0.166. The second kappa shape index (κ2) is 12.1. The summed E-state index contributed by atoms with van der Waals surface area (Å²) in [5, 5.41) is 4.21. The molecule has 0 radical (unpaired) electrons. The van der Waals surface area contributed by atoms with Crippen molar-refractivity contribution in [2.45, 2.75) is 59.2 Å². The molecular weight excluding hydrogens is 482 g/mol. The zero-order valence-corrected chi connectivity index (χ0v) is 22.7.